The molecule has 0 bridgehead atoms. The second-order valence-corrected chi connectivity index (χ2v) is 5.40. The molecule has 4 atom stereocenters. The molecule has 78 valence electrons. The quantitative estimate of drug-likeness (QED) is 0.539. The van der Waals surface area contributed by atoms with Crippen LogP contribution < -0.4 is 0 Å². The largest absolute Gasteiger partial charge is 0.342 e. The van der Waals surface area contributed by atoms with Crippen LogP contribution in [-0.4, -0.2) is 23.9 Å². The molecular weight excluding hydrogens is 174 g/mol. The van der Waals surface area contributed by atoms with Crippen molar-refractivity contribution in [1.29, 1.82) is 0 Å². The first-order valence-corrected chi connectivity index (χ1v) is 6.04. The summed E-state index contributed by atoms with van der Waals surface area (Å²) in [6.45, 7) is 0. The minimum Gasteiger partial charge on any atom is -0.342 e. The van der Waals surface area contributed by atoms with E-state index < -0.39 is 0 Å². The Bertz CT molecular complexity index is 263. The minimum absolute atomic E-state index is 0.416. The van der Waals surface area contributed by atoms with Crippen molar-refractivity contribution < 1.29 is 4.79 Å². The van der Waals surface area contributed by atoms with E-state index in [4.69, 9.17) is 0 Å². The monoisotopic (exact) mass is 193 g/mol. The van der Waals surface area contributed by atoms with Crippen molar-refractivity contribution in [3.63, 3.8) is 0 Å². The predicted octanol–water partition coefficient (Wildman–Crippen LogP) is 2.04. The molecule has 0 aromatic heterocycles. The van der Waals surface area contributed by atoms with Gasteiger partial charge in [-0.25, -0.2) is 0 Å². The van der Waals surface area contributed by atoms with E-state index >= 15 is 0 Å². The van der Waals surface area contributed by atoms with E-state index in [1.807, 2.05) is 11.9 Å². The zero-order valence-electron chi connectivity index (χ0n) is 8.91. The second kappa shape index (κ2) is 2.98. The van der Waals surface area contributed by atoms with Gasteiger partial charge in [0.1, 0.15) is 0 Å². The van der Waals surface area contributed by atoms with Gasteiger partial charge in [0, 0.05) is 13.1 Å². The third-order valence-electron chi connectivity index (χ3n) is 4.79. The summed E-state index contributed by atoms with van der Waals surface area (Å²) in [5, 5.41) is 0. The SMILES string of the molecule is CN1C(=O)C2CC3CCCCC3CC21. The van der Waals surface area contributed by atoms with Gasteiger partial charge in [-0.05, 0) is 24.7 Å². The van der Waals surface area contributed by atoms with Crippen LogP contribution in [0.3, 0.4) is 0 Å². The van der Waals surface area contributed by atoms with Gasteiger partial charge in [0.05, 0.1) is 5.92 Å². The molecule has 0 aromatic rings. The zero-order valence-corrected chi connectivity index (χ0v) is 8.91. The Balaban J connectivity index is 1.74. The number of β-lactam (4-membered cyclic amide) rings is 1. The predicted molar refractivity (Wildman–Crippen MR) is 54.7 cm³/mol. The maximum atomic E-state index is 11.6. The lowest BCUT2D eigenvalue weighted by molar-refractivity contribution is -0.161. The Morgan fingerprint density at radius 1 is 1.14 bits per heavy atom. The Kier molecular flexibility index (Phi) is 1.86. The molecule has 3 rings (SSSR count). The summed E-state index contributed by atoms with van der Waals surface area (Å²) in [5.41, 5.74) is 0. The summed E-state index contributed by atoms with van der Waals surface area (Å²) in [5.74, 6) is 2.67. The minimum atomic E-state index is 0.416. The number of fused-ring (bicyclic) bond motifs is 2. The van der Waals surface area contributed by atoms with Crippen LogP contribution in [0, 0.1) is 17.8 Å². The lowest BCUT2D eigenvalue weighted by Gasteiger charge is -2.53. The van der Waals surface area contributed by atoms with Crippen LogP contribution in [0.2, 0.25) is 0 Å². The molecule has 2 heteroatoms. The van der Waals surface area contributed by atoms with Gasteiger partial charge in [-0.1, -0.05) is 25.7 Å². The summed E-state index contributed by atoms with van der Waals surface area (Å²) >= 11 is 0. The van der Waals surface area contributed by atoms with Crippen molar-refractivity contribution in [2.45, 2.75) is 44.6 Å². The molecule has 1 aliphatic heterocycles. The molecule has 0 spiro atoms. The molecule has 14 heavy (non-hydrogen) atoms. The fourth-order valence-corrected chi connectivity index (χ4v) is 3.90. The Morgan fingerprint density at radius 3 is 2.50 bits per heavy atom. The van der Waals surface area contributed by atoms with Gasteiger partial charge < -0.3 is 4.90 Å². The van der Waals surface area contributed by atoms with E-state index in [0.29, 0.717) is 17.9 Å². The standard InChI is InChI=1S/C12H19NO/c1-13-11-7-9-5-3-2-4-8(9)6-10(11)12(13)14/h8-11H,2-7H2,1H3. The number of amides is 1. The number of carbonyl (C=O) groups excluding carboxylic acids is 1. The van der Waals surface area contributed by atoms with Gasteiger partial charge >= 0.3 is 0 Å². The molecule has 0 N–H and O–H groups in total. The van der Waals surface area contributed by atoms with E-state index in [0.717, 1.165) is 11.8 Å². The molecule has 2 saturated carbocycles. The van der Waals surface area contributed by atoms with Gasteiger partial charge in [-0.3, -0.25) is 4.79 Å². The first kappa shape index (κ1) is 8.75. The molecule has 2 nitrogen and oxygen atoms in total. The third kappa shape index (κ3) is 1.06. The van der Waals surface area contributed by atoms with Crippen LogP contribution >= 0.6 is 0 Å². The van der Waals surface area contributed by atoms with E-state index in [1.165, 1.54) is 38.5 Å². The van der Waals surface area contributed by atoms with Crippen LogP contribution in [0.15, 0.2) is 0 Å². The summed E-state index contributed by atoms with van der Waals surface area (Å²) in [4.78, 5) is 13.6. The van der Waals surface area contributed by atoms with Crippen LogP contribution in [0.5, 0.6) is 0 Å². The summed E-state index contributed by atoms with van der Waals surface area (Å²) < 4.78 is 0. The lowest BCUT2D eigenvalue weighted by atomic mass is 9.62. The smallest absolute Gasteiger partial charge is 0.227 e. The van der Waals surface area contributed by atoms with Crippen LogP contribution in [0.25, 0.3) is 0 Å². The number of carbonyl (C=O) groups is 1. The van der Waals surface area contributed by atoms with E-state index in [2.05, 4.69) is 0 Å². The van der Waals surface area contributed by atoms with Crippen LogP contribution in [0.4, 0.5) is 0 Å². The number of likely N-dealkylation sites (tertiary alicyclic amines) is 1. The maximum Gasteiger partial charge on any atom is 0.227 e. The molecule has 1 amide bonds. The normalized spacial score (nSPS) is 46.6. The number of hydrogen-bond acceptors (Lipinski definition) is 1. The van der Waals surface area contributed by atoms with E-state index in [-0.39, 0.29) is 0 Å². The van der Waals surface area contributed by atoms with Crippen LogP contribution in [-0.2, 0) is 4.79 Å². The van der Waals surface area contributed by atoms with Gasteiger partial charge in [0.2, 0.25) is 5.91 Å². The third-order valence-corrected chi connectivity index (χ3v) is 4.79. The maximum absolute atomic E-state index is 11.6. The first-order chi connectivity index (χ1) is 6.77. The highest BCUT2D eigenvalue weighted by molar-refractivity contribution is 5.85. The average molecular weight is 193 g/mol. The fraction of sp³-hybridized carbons (Fsp3) is 0.917. The number of rotatable bonds is 0. The van der Waals surface area contributed by atoms with Crippen molar-refractivity contribution in [2.24, 2.45) is 17.8 Å². The second-order valence-electron chi connectivity index (χ2n) is 5.40. The molecule has 1 saturated heterocycles. The highest BCUT2D eigenvalue weighted by atomic mass is 16.2. The van der Waals surface area contributed by atoms with E-state index in [1.54, 1.807) is 0 Å². The lowest BCUT2D eigenvalue weighted by Crippen LogP contribution is -2.62. The fourth-order valence-electron chi connectivity index (χ4n) is 3.90. The highest BCUT2D eigenvalue weighted by Crippen LogP contribution is 2.48. The van der Waals surface area contributed by atoms with Gasteiger partial charge in [-0.2, -0.15) is 0 Å². The highest BCUT2D eigenvalue weighted by Gasteiger charge is 2.51. The molecule has 1 heterocycles. The first-order valence-electron chi connectivity index (χ1n) is 6.04. The molecular formula is C12H19NO. The zero-order chi connectivity index (χ0) is 9.71. The van der Waals surface area contributed by atoms with Crippen molar-refractivity contribution in [3.05, 3.63) is 0 Å². The average Bonchev–Trinajstić information content (AvgIpc) is 2.26. The van der Waals surface area contributed by atoms with Crippen molar-refractivity contribution in [2.75, 3.05) is 7.05 Å². The Labute approximate surface area is 85.7 Å². The molecule has 3 aliphatic rings. The summed E-state index contributed by atoms with van der Waals surface area (Å²) in [6.07, 6.45) is 8.16. The molecule has 0 aromatic carbocycles. The van der Waals surface area contributed by atoms with Crippen molar-refractivity contribution in [3.8, 4) is 0 Å². The van der Waals surface area contributed by atoms with Gasteiger partial charge in [-0.15, -0.1) is 0 Å². The molecule has 4 unspecified atom stereocenters. The summed E-state index contributed by atoms with van der Waals surface area (Å²) in [6, 6.07) is 0.613. The van der Waals surface area contributed by atoms with Gasteiger partial charge in [0.25, 0.3) is 0 Å². The molecule has 0 radical (unpaired) electrons. The van der Waals surface area contributed by atoms with Crippen molar-refractivity contribution >= 4 is 5.91 Å². The van der Waals surface area contributed by atoms with E-state index in [9.17, 15) is 4.79 Å². The molecule has 2 aliphatic carbocycles. The Morgan fingerprint density at radius 2 is 1.79 bits per heavy atom. The summed E-state index contributed by atoms with van der Waals surface area (Å²) in [7, 11) is 1.98. The Hall–Kier alpha value is -0.530. The molecule has 3 fully saturated rings. The van der Waals surface area contributed by atoms with Crippen LogP contribution in [0.1, 0.15) is 38.5 Å². The topological polar surface area (TPSA) is 20.3 Å². The van der Waals surface area contributed by atoms with Gasteiger partial charge in [0.15, 0.2) is 0 Å². The number of nitrogens with zero attached hydrogens (tertiary/aromatic N) is 1. The number of hydrogen-bond donors (Lipinski definition) is 0. The van der Waals surface area contributed by atoms with Crippen molar-refractivity contribution in [1.82, 2.24) is 4.90 Å².